The first kappa shape index (κ1) is 12.1. The van der Waals surface area contributed by atoms with Crippen LogP contribution in [-0.2, 0) is 0 Å². The maximum atomic E-state index is 6.19. The molecular formula is C13H8Cl2N4. The summed E-state index contributed by atoms with van der Waals surface area (Å²) in [6, 6.07) is 7.37. The predicted molar refractivity (Wildman–Crippen MR) is 77.2 cm³/mol. The lowest BCUT2D eigenvalue weighted by molar-refractivity contribution is 1.20. The highest BCUT2D eigenvalue weighted by Gasteiger charge is 2.08. The highest BCUT2D eigenvalue weighted by Crippen LogP contribution is 2.33. The van der Waals surface area contributed by atoms with Gasteiger partial charge in [-0.05, 0) is 12.1 Å². The second-order valence-electron chi connectivity index (χ2n) is 3.97. The van der Waals surface area contributed by atoms with Gasteiger partial charge in [-0.25, -0.2) is 9.97 Å². The van der Waals surface area contributed by atoms with Crippen molar-refractivity contribution in [2.75, 3.05) is 5.73 Å². The van der Waals surface area contributed by atoms with Gasteiger partial charge in [0.2, 0.25) is 5.95 Å². The normalized spacial score (nSPS) is 10.8. The topological polar surface area (TPSA) is 64.7 Å². The van der Waals surface area contributed by atoms with Gasteiger partial charge in [-0.1, -0.05) is 35.3 Å². The minimum absolute atomic E-state index is 0.202. The molecule has 2 N–H and O–H groups in total. The Morgan fingerprint density at radius 2 is 1.89 bits per heavy atom. The van der Waals surface area contributed by atoms with Gasteiger partial charge in [-0.3, -0.25) is 0 Å². The Balaban J connectivity index is 2.20. The lowest BCUT2D eigenvalue weighted by Crippen LogP contribution is -1.95. The lowest BCUT2D eigenvalue weighted by Gasteiger charge is -2.06. The van der Waals surface area contributed by atoms with E-state index in [4.69, 9.17) is 28.9 Å². The number of rotatable bonds is 1. The van der Waals surface area contributed by atoms with E-state index in [9.17, 15) is 0 Å². The van der Waals surface area contributed by atoms with Crippen LogP contribution >= 0.6 is 23.2 Å². The molecule has 0 aliphatic carbocycles. The van der Waals surface area contributed by atoms with Crippen LogP contribution in [0.25, 0.3) is 22.2 Å². The largest absolute Gasteiger partial charge is 0.368 e. The van der Waals surface area contributed by atoms with E-state index in [1.54, 1.807) is 18.5 Å². The molecule has 4 nitrogen and oxygen atoms in total. The molecule has 3 aromatic rings. The quantitative estimate of drug-likeness (QED) is 0.744. The smallest absolute Gasteiger partial charge is 0.222 e. The van der Waals surface area contributed by atoms with E-state index in [-0.39, 0.29) is 5.95 Å². The number of benzene rings is 1. The minimum atomic E-state index is 0.202. The molecule has 0 fully saturated rings. The summed E-state index contributed by atoms with van der Waals surface area (Å²) in [5.41, 5.74) is 7.74. The second kappa shape index (κ2) is 4.64. The van der Waals surface area contributed by atoms with Crippen molar-refractivity contribution >= 4 is 40.2 Å². The molecule has 0 atom stereocenters. The number of hydrogen-bond donors (Lipinski definition) is 1. The molecule has 1 aromatic carbocycles. The van der Waals surface area contributed by atoms with Crippen molar-refractivity contribution in [3.05, 3.63) is 46.7 Å². The maximum Gasteiger partial charge on any atom is 0.222 e. The van der Waals surface area contributed by atoms with Gasteiger partial charge in [0, 0.05) is 28.9 Å². The van der Waals surface area contributed by atoms with Crippen molar-refractivity contribution in [3.63, 3.8) is 0 Å². The van der Waals surface area contributed by atoms with E-state index in [0.717, 1.165) is 16.5 Å². The van der Waals surface area contributed by atoms with Crippen LogP contribution in [0.3, 0.4) is 0 Å². The van der Waals surface area contributed by atoms with Crippen molar-refractivity contribution in [2.24, 2.45) is 0 Å². The Kier molecular flexibility index (Phi) is 2.97. The Morgan fingerprint density at radius 3 is 2.74 bits per heavy atom. The maximum absolute atomic E-state index is 6.19. The first-order chi connectivity index (χ1) is 9.15. The van der Waals surface area contributed by atoms with Crippen LogP contribution < -0.4 is 5.73 Å². The van der Waals surface area contributed by atoms with Crippen LogP contribution in [-0.4, -0.2) is 15.0 Å². The molecule has 0 radical (unpaired) electrons. The van der Waals surface area contributed by atoms with Crippen molar-refractivity contribution in [1.82, 2.24) is 15.0 Å². The molecule has 0 spiro atoms. The first-order valence-electron chi connectivity index (χ1n) is 5.48. The summed E-state index contributed by atoms with van der Waals surface area (Å²) in [5.74, 6) is 0.202. The number of pyridine rings is 1. The summed E-state index contributed by atoms with van der Waals surface area (Å²) in [5, 5.41) is 1.80. The molecule has 0 saturated heterocycles. The summed E-state index contributed by atoms with van der Waals surface area (Å²) < 4.78 is 0. The predicted octanol–water partition coefficient (Wildman–Crippen LogP) is 3.58. The van der Waals surface area contributed by atoms with Gasteiger partial charge in [0.05, 0.1) is 10.0 Å². The molecule has 0 aliphatic heterocycles. The summed E-state index contributed by atoms with van der Waals surface area (Å²) in [6.45, 7) is 0. The number of hydrogen-bond acceptors (Lipinski definition) is 4. The zero-order valence-electron chi connectivity index (χ0n) is 9.64. The Bertz CT molecular complexity index is 774. The number of fused-ring (bicyclic) bond motifs is 1. The van der Waals surface area contributed by atoms with Gasteiger partial charge >= 0.3 is 0 Å². The molecule has 94 valence electrons. The third kappa shape index (κ3) is 2.20. The number of nitrogen functional groups attached to an aromatic ring is 1. The fourth-order valence-corrected chi connectivity index (χ4v) is 2.22. The number of halogens is 2. The van der Waals surface area contributed by atoms with E-state index >= 15 is 0 Å². The molecule has 2 aromatic heterocycles. The summed E-state index contributed by atoms with van der Waals surface area (Å²) in [4.78, 5) is 12.3. The summed E-state index contributed by atoms with van der Waals surface area (Å²) in [7, 11) is 0. The fourth-order valence-electron chi connectivity index (χ4n) is 1.81. The van der Waals surface area contributed by atoms with Crippen LogP contribution in [0.4, 0.5) is 5.95 Å². The van der Waals surface area contributed by atoms with E-state index < -0.39 is 0 Å². The number of nitrogens with two attached hydrogens (primary N) is 1. The van der Waals surface area contributed by atoms with Crippen molar-refractivity contribution < 1.29 is 0 Å². The SMILES string of the molecule is Nc1ncc2cc(-c3cccc(Cl)c3Cl)cnc2n1. The van der Waals surface area contributed by atoms with E-state index in [1.165, 1.54) is 0 Å². The van der Waals surface area contributed by atoms with Gasteiger partial charge in [-0.15, -0.1) is 0 Å². The van der Waals surface area contributed by atoms with Gasteiger partial charge < -0.3 is 5.73 Å². The zero-order valence-corrected chi connectivity index (χ0v) is 11.2. The fraction of sp³-hybridized carbons (Fsp3) is 0. The number of anilines is 1. The van der Waals surface area contributed by atoms with Crippen LogP contribution in [0.15, 0.2) is 36.7 Å². The third-order valence-corrected chi connectivity index (χ3v) is 3.53. The average molecular weight is 291 g/mol. The molecule has 19 heavy (non-hydrogen) atoms. The van der Waals surface area contributed by atoms with Gasteiger partial charge in [-0.2, -0.15) is 4.98 Å². The van der Waals surface area contributed by atoms with Crippen molar-refractivity contribution in [1.29, 1.82) is 0 Å². The van der Waals surface area contributed by atoms with E-state index in [1.807, 2.05) is 18.2 Å². The molecule has 3 rings (SSSR count). The highest BCUT2D eigenvalue weighted by atomic mass is 35.5. The standard InChI is InChI=1S/C13H8Cl2N4/c14-10-3-1-2-9(11(10)15)7-4-8-6-18-13(16)19-12(8)17-5-7/h1-6H,(H2,16,17,18,19). The van der Waals surface area contributed by atoms with E-state index in [2.05, 4.69) is 15.0 Å². The molecule has 0 amide bonds. The number of nitrogens with zero attached hydrogens (tertiary/aromatic N) is 3. The van der Waals surface area contributed by atoms with Crippen LogP contribution in [0.2, 0.25) is 10.0 Å². The molecule has 0 saturated carbocycles. The summed E-state index contributed by atoms with van der Waals surface area (Å²) >= 11 is 12.2. The monoisotopic (exact) mass is 290 g/mol. The van der Waals surface area contributed by atoms with Crippen molar-refractivity contribution in [3.8, 4) is 11.1 Å². The van der Waals surface area contributed by atoms with Crippen LogP contribution in [0, 0.1) is 0 Å². The lowest BCUT2D eigenvalue weighted by atomic mass is 10.1. The Morgan fingerprint density at radius 1 is 1.05 bits per heavy atom. The van der Waals surface area contributed by atoms with Gasteiger partial charge in [0.1, 0.15) is 0 Å². The number of aromatic nitrogens is 3. The van der Waals surface area contributed by atoms with Crippen LogP contribution in [0.5, 0.6) is 0 Å². The van der Waals surface area contributed by atoms with Crippen LogP contribution in [0.1, 0.15) is 0 Å². The average Bonchev–Trinajstić information content (AvgIpc) is 2.41. The molecule has 0 aliphatic rings. The molecular weight excluding hydrogens is 283 g/mol. The molecule has 6 heteroatoms. The van der Waals surface area contributed by atoms with E-state index in [0.29, 0.717) is 15.7 Å². The zero-order chi connectivity index (χ0) is 13.4. The molecule has 0 unspecified atom stereocenters. The molecule has 2 heterocycles. The third-order valence-electron chi connectivity index (χ3n) is 2.71. The minimum Gasteiger partial charge on any atom is -0.368 e. The highest BCUT2D eigenvalue weighted by molar-refractivity contribution is 6.43. The van der Waals surface area contributed by atoms with Gasteiger partial charge in [0.15, 0.2) is 5.65 Å². The Hall–Kier alpha value is -1.91. The Labute approximate surface area is 119 Å². The van der Waals surface area contributed by atoms with Crippen molar-refractivity contribution in [2.45, 2.75) is 0 Å². The van der Waals surface area contributed by atoms with Gasteiger partial charge in [0.25, 0.3) is 0 Å². The molecule has 0 bridgehead atoms. The second-order valence-corrected chi connectivity index (χ2v) is 4.75. The summed E-state index contributed by atoms with van der Waals surface area (Å²) in [6.07, 6.45) is 3.32. The first-order valence-corrected chi connectivity index (χ1v) is 6.23.